The molecule has 0 fully saturated rings. The number of anilines is 2. The van der Waals surface area contributed by atoms with E-state index in [1.807, 2.05) is 0 Å². The fourth-order valence-corrected chi connectivity index (χ4v) is 2.56. The van der Waals surface area contributed by atoms with Crippen LogP contribution < -0.4 is 25.4 Å². The number of amides is 2. The minimum absolute atomic E-state index is 0.0469. The van der Waals surface area contributed by atoms with E-state index in [1.54, 1.807) is 63.8 Å². The van der Waals surface area contributed by atoms with Gasteiger partial charge in [0.15, 0.2) is 0 Å². The summed E-state index contributed by atoms with van der Waals surface area (Å²) in [5, 5.41) is 8.63. The molecule has 0 spiro atoms. The van der Waals surface area contributed by atoms with E-state index >= 15 is 0 Å². The quantitative estimate of drug-likeness (QED) is 0.501. The highest BCUT2D eigenvalue weighted by Gasteiger charge is 2.09. The number of nitrogens with one attached hydrogen (secondary N) is 3. The van der Waals surface area contributed by atoms with E-state index in [-0.39, 0.29) is 18.4 Å². The van der Waals surface area contributed by atoms with E-state index in [4.69, 9.17) is 14.2 Å². The van der Waals surface area contributed by atoms with Gasteiger partial charge in [0.25, 0.3) is 5.91 Å². The predicted molar refractivity (Wildman–Crippen MR) is 112 cm³/mol. The normalized spacial score (nSPS) is 10.2. The zero-order valence-electron chi connectivity index (χ0n) is 16.9. The molecule has 8 heteroatoms. The average Bonchev–Trinajstić information content (AvgIpc) is 2.75. The van der Waals surface area contributed by atoms with Gasteiger partial charge in [-0.15, -0.1) is 0 Å². The maximum Gasteiger partial charge on any atom is 0.251 e. The van der Waals surface area contributed by atoms with Gasteiger partial charge in [0.2, 0.25) is 5.91 Å². The summed E-state index contributed by atoms with van der Waals surface area (Å²) in [5.41, 5.74) is 1.78. The lowest BCUT2D eigenvalue weighted by molar-refractivity contribution is -0.114. The first-order valence-electron chi connectivity index (χ1n) is 9.20. The lowest BCUT2D eigenvalue weighted by Crippen LogP contribution is -2.25. The number of carbonyl (C=O) groups is 2. The van der Waals surface area contributed by atoms with Crippen LogP contribution in [0.5, 0.6) is 11.5 Å². The van der Waals surface area contributed by atoms with Crippen molar-refractivity contribution in [3.05, 3.63) is 48.0 Å². The van der Waals surface area contributed by atoms with Gasteiger partial charge >= 0.3 is 0 Å². The van der Waals surface area contributed by atoms with E-state index in [0.29, 0.717) is 41.6 Å². The molecule has 2 rings (SSSR count). The Hall–Kier alpha value is -3.26. The molecule has 2 amide bonds. The maximum atomic E-state index is 12.2. The van der Waals surface area contributed by atoms with Crippen molar-refractivity contribution < 1.29 is 23.8 Å². The summed E-state index contributed by atoms with van der Waals surface area (Å²) in [5.74, 6) is 0.877. The Morgan fingerprint density at radius 1 is 0.966 bits per heavy atom. The van der Waals surface area contributed by atoms with Crippen molar-refractivity contribution >= 4 is 23.2 Å². The zero-order valence-corrected chi connectivity index (χ0v) is 16.9. The first-order valence-corrected chi connectivity index (χ1v) is 9.20. The van der Waals surface area contributed by atoms with Crippen LogP contribution in [0.3, 0.4) is 0 Å². The molecule has 0 aromatic heterocycles. The molecular weight excluding hydrogens is 374 g/mol. The second-order valence-corrected chi connectivity index (χ2v) is 6.15. The Morgan fingerprint density at radius 2 is 1.72 bits per heavy atom. The van der Waals surface area contributed by atoms with Gasteiger partial charge in [0, 0.05) is 37.6 Å². The Bertz CT molecular complexity index is 808. The SMILES string of the molecule is COCCCNC(=O)c1ccc(NC(=O)CNc2cc(OC)ccc2OC)cc1. The van der Waals surface area contributed by atoms with E-state index < -0.39 is 0 Å². The molecule has 0 radical (unpaired) electrons. The molecule has 156 valence electrons. The lowest BCUT2D eigenvalue weighted by Gasteiger charge is -2.13. The van der Waals surface area contributed by atoms with Crippen LogP contribution in [0.25, 0.3) is 0 Å². The van der Waals surface area contributed by atoms with Gasteiger partial charge in [-0.3, -0.25) is 9.59 Å². The monoisotopic (exact) mass is 401 g/mol. The standard InChI is InChI=1S/C21H27N3O5/c1-27-12-4-11-22-21(26)15-5-7-16(8-6-15)24-20(25)14-23-18-13-17(28-2)9-10-19(18)29-3/h5-10,13,23H,4,11-12,14H2,1-3H3,(H,22,26)(H,24,25). The molecule has 0 bridgehead atoms. The molecular formula is C21H27N3O5. The maximum absolute atomic E-state index is 12.2. The largest absolute Gasteiger partial charge is 0.497 e. The number of carbonyl (C=O) groups excluding carboxylic acids is 2. The fraction of sp³-hybridized carbons (Fsp3) is 0.333. The van der Waals surface area contributed by atoms with Crippen LogP contribution in [0.2, 0.25) is 0 Å². The van der Waals surface area contributed by atoms with Crippen LogP contribution in [-0.2, 0) is 9.53 Å². The molecule has 0 aliphatic heterocycles. The Balaban J connectivity index is 1.86. The number of methoxy groups -OCH3 is 3. The van der Waals surface area contributed by atoms with E-state index in [1.165, 1.54) is 0 Å². The van der Waals surface area contributed by atoms with Crippen molar-refractivity contribution in [2.75, 3.05) is 51.7 Å². The topological polar surface area (TPSA) is 97.9 Å². The molecule has 3 N–H and O–H groups in total. The summed E-state index contributed by atoms with van der Waals surface area (Å²) in [4.78, 5) is 24.3. The minimum Gasteiger partial charge on any atom is -0.497 e. The minimum atomic E-state index is -0.230. The predicted octanol–water partition coefficient (Wildman–Crippen LogP) is 2.52. The van der Waals surface area contributed by atoms with Gasteiger partial charge in [0.1, 0.15) is 11.5 Å². The first-order chi connectivity index (χ1) is 14.1. The van der Waals surface area contributed by atoms with E-state index in [0.717, 1.165) is 6.42 Å². The van der Waals surface area contributed by atoms with Crippen molar-refractivity contribution in [3.63, 3.8) is 0 Å². The number of hydrogen-bond donors (Lipinski definition) is 3. The number of hydrogen-bond acceptors (Lipinski definition) is 6. The first kappa shape index (κ1) is 22.0. The van der Waals surface area contributed by atoms with Gasteiger partial charge in [-0.1, -0.05) is 0 Å². The van der Waals surface area contributed by atoms with Crippen molar-refractivity contribution in [2.24, 2.45) is 0 Å². The Labute approximate surface area is 170 Å². The number of ether oxygens (including phenoxy) is 3. The summed E-state index contributed by atoms with van der Waals surface area (Å²) in [7, 11) is 4.75. The molecule has 0 aliphatic carbocycles. The Kier molecular flexibility index (Phi) is 8.78. The molecule has 0 aliphatic rings. The highest BCUT2D eigenvalue weighted by atomic mass is 16.5. The molecule has 29 heavy (non-hydrogen) atoms. The van der Waals surface area contributed by atoms with Crippen LogP contribution in [0.15, 0.2) is 42.5 Å². The fourth-order valence-electron chi connectivity index (χ4n) is 2.56. The van der Waals surface area contributed by atoms with Gasteiger partial charge in [-0.05, 0) is 42.8 Å². The van der Waals surface area contributed by atoms with Gasteiger partial charge in [-0.25, -0.2) is 0 Å². The number of benzene rings is 2. The third kappa shape index (κ3) is 7.00. The summed E-state index contributed by atoms with van der Waals surface area (Å²) >= 11 is 0. The van der Waals surface area contributed by atoms with Crippen LogP contribution in [-0.4, -0.2) is 52.8 Å². The average molecular weight is 401 g/mol. The molecule has 0 saturated carbocycles. The van der Waals surface area contributed by atoms with Gasteiger partial charge in [-0.2, -0.15) is 0 Å². The highest BCUT2D eigenvalue weighted by molar-refractivity contribution is 5.96. The molecule has 0 saturated heterocycles. The summed E-state index contributed by atoms with van der Waals surface area (Å²) < 4.78 is 15.4. The molecule has 2 aromatic carbocycles. The summed E-state index contributed by atoms with van der Waals surface area (Å²) in [6, 6.07) is 12.0. The van der Waals surface area contributed by atoms with Crippen molar-refractivity contribution in [2.45, 2.75) is 6.42 Å². The molecule has 0 atom stereocenters. The van der Waals surface area contributed by atoms with Crippen LogP contribution in [0, 0.1) is 0 Å². The van der Waals surface area contributed by atoms with Crippen LogP contribution in [0.4, 0.5) is 11.4 Å². The molecule has 2 aromatic rings. The van der Waals surface area contributed by atoms with Crippen molar-refractivity contribution in [3.8, 4) is 11.5 Å². The van der Waals surface area contributed by atoms with Crippen LogP contribution in [0.1, 0.15) is 16.8 Å². The summed E-state index contributed by atoms with van der Waals surface area (Å²) in [6.45, 7) is 1.19. The summed E-state index contributed by atoms with van der Waals surface area (Å²) in [6.07, 6.45) is 0.751. The zero-order chi connectivity index (χ0) is 21.1. The smallest absolute Gasteiger partial charge is 0.251 e. The van der Waals surface area contributed by atoms with Crippen molar-refractivity contribution in [1.82, 2.24) is 5.32 Å². The molecule has 8 nitrogen and oxygen atoms in total. The van der Waals surface area contributed by atoms with Crippen molar-refractivity contribution in [1.29, 1.82) is 0 Å². The Morgan fingerprint density at radius 3 is 2.38 bits per heavy atom. The molecule has 0 heterocycles. The third-order valence-corrected chi connectivity index (χ3v) is 4.09. The van der Waals surface area contributed by atoms with Gasteiger partial charge < -0.3 is 30.2 Å². The second kappa shape index (κ2) is 11.6. The lowest BCUT2D eigenvalue weighted by atomic mass is 10.2. The molecule has 0 unspecified atom stereocenters. The van der Waals surface area contributed by atoms with Gasteiger partial charge in [0.05, 0.1) is 26.5 Å². The highest BCUT2D eigenvalue weighted by Crippen LogP contribution is 2.28. The van der Waals surface area contributed by atoms with E-state index in [9.17, 15) is 9.59 Å². The number of rotatable bonds is 11. The third-order valence-electron chi connectivity index (χ3n) is 4.09. The second-order valence-electron chi connectivity index (χ2n) is 6.15. The van der Waals surface area contributed by atoms with E-state index in [2.05, 4.69) is 16.0 Å². The van der Waals surface area contributed by atoms with Crippen LogP contribution >= 0.6 is 0 Å².